The van der Waals surface area contributed by atoms with Crippen LogP contribution in [0.3, 0.4) is 0 Å². The van der Waals surface area contributed by atoms with Gasteiger partial charge in [0.05, 0.1) is 12.4 Å². The lowest BCUT2D eigenvalue weighted by Gasteiger charge is -2.18. The highest BCUT2D eigenvalue weighted by Crippen LogP contribution is 2.31. The van der Waals surface area contributed by atoms with Crippen LogP contribution in [-0.4, -0.2) is 25.4 Å². The van der Waals surface area contributed by atoms with E-state index in [4.69, 9.17) is 0 Å². The molecule has 1 aliphatic rings. The molecule has 0 aromatic carbocycles. The fourth-order valence-corrected chi connectivity index (χ4v) is 2.38. The van der Waals surface area contributed by atoms with Gasteiger partial charge in [-0.15, -0.1) is 0 Å². The number of H-pyrrole nitrogens is 1. The maximum atomic E-state index is 4.57. The zero-order valence-electron chi connectivity index (χ0n) is 9.63. The van der Waals surface area contributed by atoms with Crippen molar-refractivity contribution in [2.24, 2.45) is 0 Å². The molecule has 0 atom stereocenters. The van der Waals surface area contributed by atoms with Crippen LogP contribution in [-0.2, 0) is 0 Å². The van der Waals surface area contributed by atoms with Gasteiger partial charge in [-0.2, -0.15) is 15.3 Å². The predicted octanol–water partition coefficient (Wildman–Crippen LogP) is 2.31. The minimum atomic E-state index is 0.555. The monoisotopic (exact) mass is 229 g/mol. The number of aromatic nitrogens is 5. The third-order valence-electron chi connectivity index (χ3n) is 3.34. The molecule has 1 N–H and O–H groups in total. The molecule has 0 spiro atoms. The van der Waals surface area contributed by atoms with Gasteiger partial charge < -0.3 is 0 Å². The zero-order chi connectivity index (χ0) is 11.5. The fourth-order valence-electron chi connectivity index (χ4n) is 2.38. The van der Waals surface area contributed by atoms with Crippen LogP contribution in [0.25, 0.3) is 11.4 Å². The Hall–Kier alpha value is -1.78. The number of nitrogens with one attached hydrogen (secondary N) is 1. The molecule has 5 heteroatoms. The van der Waals surface area contributed by atoms with Gasteiger partial charge in [-0.05, 0) is 18.9 Å². The lowest BCUT2D eigenvalue weighted by Crippen LogP contribution is -2.06. The molecule has 1 saturated carbocycles. The fraction of sp³-hybridized carbons (Fsp3) is 0.500. The SMILES string of the molecule is c1cc(-c2n[nH]c(C3CCCCC3)n2)cnn1. The van der Waals surface area contributed by atoms with E-state index in [1.54, 1.807) is 12.4 Å². The van der Waals surface area contributed by atoms with E-state index in [9.17, 15) is 0 Å². The summed E-state index contributed by atoms with van der Waals surface area (Å²) in [7, 11) is 0. The second kappa shape index (κ2) is 4.61. The van der Waals surface area contributed by atoms with Gasteiger partial charge in [0.25, 0.3) is 0 Å². The van der Waals surface area contributed by atoms with E-state index < -0.39 is 0 Å². The highest BCUT2D eigenvalue weighted by molar-refractivity contribution is 5.51. The molecule has 0 radical (unpaired) electrons. The van der Waals surface area contributed by atoms with Crippen molar-refractivity contribution in [2.75, 3.05) is 0 Å². The van der Waals surface area contributed by atoms with Crippen molar-refractivity contribution in [3.8, 4) is 11.4 Å². The summed E-state index contributed by atoms with van der Waals surface area (Å²) >= 11 is 0. The average Bonchev–Trinajstić information content (AvgIpc) is 2.90. The number of hydrogen-bond acceptors (Lipinski definition) is 4. The molecule has 1 fully saturated rings. The first-order valence-corrected chi connectivity index (χ1v) is 6.13. The van der Waals surface area contributed by atoms with Gasteiger partial charge in [-0.3, -0.25) is 5.10 Å². The molecule has 2 heterocycles. The van der Waals surface area contributed by atoms with Crippen LogP contribution >= 0.6 is 0 Å². The van der Waals surface area contributed by atoms with Gasteiger partial charge in [-0.25, -0.2) is 4.98 Å². The van der Waals surface area contributed by atoms with Crippen molar-refractivity contribution in [3.05, 3.63) is 24.3 Å². The minimum Gasteiger partial charge on any atom is -0.262 e. The van der Waals surface area contributed by atoms with Crippen molar-refractivity contribution in [1.29, 1.82) is 0 Å². The van der Waals surface area contributed by atoms with Gasteiger partial charge >= 0.3 is 0 Å². The first kappa shape index (κ1) is 10.4. The lowest BCUT2D eigenvalue weighted by atomic mass is 9.89. The maximum Gasteiger partial charge on any atom is 0.182 e. The molecule has 3 rings (SSSR count). The van der Waals surface area contributed by atoms with Crippen molar-refractivity contribution in [2.45, 2.75) is 38.0 Å². The Morgan fingerprint density at radius 3 is 2.76 bits per heavy atom. The Morgan fingerprint density at radius 1 is 1.12 bits per heavy atom. The average molecular weight is 229 g/mol. The Kier molecular flexibility index (Phi) is 2.81. The molecule has 1 aliphatic carbocycles. The first-order chi connectivity index (χ1) is 8.43. The van der Waals surface area contributed by atoms with Crippen LogP contribution < -0.4 is 0 Å². The smallest absolute Gasteiger partial charge is 0.182 e. The van der Waals surface area contributed by atoms with E-state index in [0.29, 0.717) is 5.92 Å². The summed E-state index contributed by atoms with van der Waals surface area (Å²) in [6, 6.07) is 1.88. The summed E-state index contributed by atoms with van der Waals surface area (Å²) in [5.41, 5.74) is 0.915. The molecular formula is C12H15N5. The van der Waals surface area contributed by atoms with E-state index in [1.807, 2.05) is 6.07 Å². The topological polar surface area (TPSA) is 67.3 Å². The number of aromatic amines is 1. The van der Waals surface area contributed by atoms with Crippen molar-refractivity contribution < 1.29 is 0 Å². The van der Waals surface area contributed by atoms with Gasteiger partial charge in [0.1, 0.15) is 5.82 Å². The van der Waals surface area contributed by atoms with Crippen LogP contribution in [0, 0.1) is 0 Å². The third-order valence-corrected chi connectivity index (χ3v) is 3.34. The molecule has 5 nitrogen and oxygen atoms in total. The van der Waals surface area contributed by atoms with Crippen molar-refractivity contribution in [3.63, 3.8) is 0 Å². The van der Waals surface area contributed by atoms with Gasteiger partial charge in [0, 0.05) is 11.5 Å². The number of nitrogens with zero attached hydrogens (tertiary/aromatic N) is 4. The number of rotatable bonds is 2. The molecule has 0 unspecified atom stereocenters. The second-order valence-corrected chi connectivity index (χ2v) is 4.51. The van der Waals surface area contributed by atoms with Crippen LogP contribution in [0.4, 0.5) is 0 Å². The summed E-state index contributed by atoms with van der Waals surface area (Å²) in [6.07, 6.45) is 9.76. The van der Waals surface area contributed by atoms with Crippen molar-refractivity contribution in [1.82, 2.24) is 25.4 Å². The van der Waals surface area contributed by atoms with E-state index in [-0.39, 0.29) is 0 Å². The zero-order valence-corrected chi connectivity index (χ0v) is 9.63. The highest BCUT2D eigenvalue weighted by Gasteiger charge is 2.19. The Bertz CT molecular complexity index is 473. The molecule has 0 amide bonds. The van der Waals surface area contributed by atoms with E-state index >= 15 is 0 Å². The van der Waals surface area contributed by atoms with E-state index in [1.165, 1.54) is 32.1 Å². The molecule has 2 aromatic rings. The van der Waals surface area contributed by atoms with Crippen LogP contribution in [0.5, 0.6) is 0 Å². The lowest BCUT2D eigenvalue weighted by molar-refractivity contribution is 0.429. The van der Waals surface area contributed by atoms with Crippen LogP contribution in [0.2, 0.25) is 0 Å². The van der Waals surface area contributed by atoms with Gasteiger partial charge in [0.2, 0.25) is 0 Å². The standard InChI is InChI=1S/C12H15N5/c1-2-4-9(5-3-1)11-15-12(17-16-11)10-6-7-13-14-8-10/h6-9H,1-5H2,(H,15,16,17). The summed E-state index contributed by atoms with van der Waals surface area (Å²) in [5, 5.41) is 14.9. The molecule has 88 valence electrons. The second-order valence-electron chi connectivity index (χ2n) is 4.51. The highest BCUT2D eigenvalue weighted by atomic mass is 15.2. The summed E-state index contributed by atoms with van der Waals surface area (Å²) in [5.74, 6) is 2.30. The summed E-state index contributed by atoms with van der Waals surface area (Å²) in [6.45, 7) is 0. The minimum absolute atomic E-state index is 0.555. The molecular weight excluding hydrogens is 214 g/mol. The number of hydrogen-bond donors (Lipinski definition) is 1. The molecule has 0 bridgehead atoms. The summed E-state index contributed by atoms with van der Waals surface area (Å²) in [4.78, 5) is 4.57. The van der Waals surface area contributed by atoms with Crippen LogP contribution in [0.15, 0.2) is 18.5 Å². The van der Waals surface area contributed by atoms with Gasteiger partial charge in [-0.1, -0.05) is 19.3 Å². The van der Waals surface area contributed by atoms with Crippen LogP contribution in [0.1, 0.15) is 43.8 Å². The predicted molar refractivity (Wildman–Crippen MR) is 63.2 cm³/mol. The summed E-state index contributed by atoms with van der Waals surface area (Å²) < 4.78 is 0. The molecule has 0 saturated heterocycles. The molecule has 2 aromatic heterocycles. The molecule has 17 heavy (non-hydrogen) atoms. The maximum absolute atomic E-state index is 4.57. The Labute approximate surface area is 99.7 Å². The third kappa shape index (κ3) is 2.18. The van der Waals surface area contributed by atoms with E-state index in [0.717, 1.165) is 17.2 Å². The van der Waals surface area contributed by atoms with Crippen molar-refractivity contribution >= 4 is 0 Å². The Balaban J connectivity index is 1.83. The van der Waals surface area contributed by atoms with Gasteiger partial charge in [0.15, 0.2) is 5.82 Å². The Morgan fingerprint density at radius 2 is 2.00 bits per heavy atom. The molecule has 0 aliphatic heterocycles. The quantitative estimate of drug-likeness (QED) is 0.858. The first-order valence-electron chi connectivity index (χ1n) is 6.13. The largest absolute Gasteiger partial charge is 0.262 e. The normalized spacial score (nSPS) is 17.2. The van der Waals surface area contributed by atoms with E-state index in [2.05, 4.69) is 25.4 Å².